The zero-order valence-corrected chi connectivity index (χ0v) is 13.3. The molecule has 1 aromatic rings. The fourth-order valence-corrected chi connectivity index (χ4v) is 4.51. The summed E-state index contributed by atoms with van der Waals surface area (Å²) in [5.41, 5.74) is 0.609. The van der Waals surface area contributed by atoms with Crippen LogP contribution in [0.4, 0.5) is 0 Å². The molecule has 1 heterocycles. The minimum absolute atomic E-state index is 0.134. The number of hydrogen-bond acceptors (Lipinski definition) is 4. The van der Waals surface area contributed by atoms with Gasteiger partial charge >= 0.3 is 0 Å². The monoisotopic (exact) mass is 300 g/mol. The Bertz CT molecular complexity index is 532. The molecule has 1 aliphatic carbocycles. The second-order valence-corrected chi connectivity index (χ2v) is 7.58. The topological polar surface area (TPSA) is 69.3 Å². The Kier molecular flexibility index (Phi) is 4.82. The maximum Gasteiger partial charge on any atom is 0.246 e. The number of nitrogens with zero attached hydrogens (tertiary/aromatic N) is 3. The molecule has 0 aliphatic heterocycles. The van der Waals surface area contributed by atoms with E-state index in [1.54, 1.807) is 11.2 Å². The third kappa shape index (κ3) is 3.21. The summed E-state index contributed by atoms with van der Waals surface area (Å²) in [4.78, 5) is 2.32. The summed E-state index contributed by atoms with van der Waals surface area (Å²) in [7, 11) is 0.467. The van der Waals surface area contributed by atoms with E-state index in [4.69, 9.17) is 0 Å². The van der Waals surface area contributed by atoms with E-state index >= 15 is 0 Å². The van der Waals surface area contributed by atoms with Gasteiger partial charge in [-0.25, -0.2) is 8.42 Å². The normalized spacial score (nSPS) is 17.4. The van der Waals surface area contributed by atoms with Gasteiger partial charge in [-0.15, -0.1) is 0 Å². The van der Waals surface area contributed by atoms with Crippen molar-refractivity contribution in [2.75, 3.05) is 27.2 Å². The number of hydrogen-bond donors (Lipinski definition) is 1. The van der Waals surface area contributed by atoms with E-state index in [0.29, 0.717) is 17.1 Å². The lowest BCUT2D eigenvalue weighted by atomic mass is 10.2. The van der Waals surface area contributed by atoms with Crippen LogP contribution in [0.3, 0.4) is 0 Å². The Morgan fingerprint density at radius 1 is 1.30 bits per heavy atom. The molecule has 1 N–H and O–H groups in total. The van der Waals surface area contributed by atoms with Crippen LogP contribution in [0.25, 0.3) is 0 Å². The molecule has 114 valence electrons. The van der Waals surface area contributed by atoms with Crippen LogP contribution in [0.1, 0.15) is 31.4 Å². The number of rotatable bonds is 6. The van der Waals surface area contributed by atoms with Crippen molar-refractivity contribution in [1.82, 2.24) is 19.4 Å². The molecule has 0 amide bonds. The van der Waals surface area contributed by atoms with E-state index < -0.39 is 10.0 Å². The van der Waals surface area contributed by atoms with Crippen LogP contribution in [0.2, 0.25) is 0 Å². The molecule has 0 saturated heterocycles. The maximum atomic E-state index is 12.9. The van der Waals surface area contributed by atoms with Gasteiger partial charge < -0.3 is 4.90 Å². The summed E-state index contributed by atoms with van der Waals surface area (Å²) in [5.74, 6) is 0. The first-order chi connectivity index (χ1) is 9.43. The molecular weight excluding hydrogens is 276 g/mol. The van der Waals surface area contributed by atoms with Gasteiger partial charge in [-0.2, -0.15) is 9.40 Å². The molecule has 2 rings (SSSR count). The van der Waals surface area contributed by atoms with E-state index in [-0.39, 0.29) is 6.04 Å². The third-order valence-electron chi connectivity index (χ3n) is 3.87. The summed E-state index contributed by atoms with van der Waals surface area (Å²) < 4.78 is 27.4. The average Bonchev–Trinajstić information content (AvgIpc) is 2.99. The van der Waals surface area contributed by atoms with E-state index in [1.165, 1.54) is 6.20 Å². The van der Waals surface area contributed by atoms with Crippen molar-refractivity contribution in [3.8, 4) is 0 Å². The minimum atomic E-state index is -3.45. The second kappa shape index (κ2) is 6.24. The summed E-state index contributed by atoms with van der Waals surface area (Å²) in [6.45, 7) is 3.01. The molecule has 1 aromatic heterocycles. The fourth-order valence-electron chi connectivity index (χ4n) is 2.72. The zero-order valence-electron chi connectivity index (χ0n) is 12.5. The van der Waals surface area contributed by atoms with Crippen molar-refractivity contribution in [2.24, 2.45) is 0 Å². The van der Waals surface area contributed by atoms with Crippen LogP contribution in [-0.4, -0.2) is 61.0 Å². The van der Waals surface area contributed by atoms with Crippen LogP contribution in [0.5, 0.6) is 0 Å². The quantitative estimate of drug-likeness (QED) is 0.857. The van der Waals surface area contributed by atoms with Crippen LogP contribution >= 0.6 is 0 Å². The lowest BCUT2D eigenvalue weighted by Gasteiger charge is -2.29. The number of aryl methyl sites for hydroxylation is 1. The van der Waals surface area contributed by atoms with Gasteiger partial charge in [0.1, 0.15) is 4.90 Å². The second-order valence-electron chi connectivity index (χ2n) is 5.72. The molecule has 1 aliphatic rings. The highest BCUT2D eigenvalue weighted by molar-refractivity contribution is 7.89. The Hall–Kier alpha value is -0.920. The predicted molar refractivity (Wildman–Crippen MR) is 78.0 cm³/mol. The Labute approximate surface area is 121 Å². The van der Waals surface area contributed by atoms with Gasteiger partial charge in [0.05, 0.1) is 11.9 Å². The Morgan fingerprint density at radius 3 is 2.45 bits per heavy atom. The molecule has 7 heteroatoms. The van der Waals surface area contributed by atoms with Gasteiger partial charge in [-0.1, -0.05) is 12.8 Å². The molecule has 20 heavy (non-hydrogen) atoms. The van der Waals surface area contributed by atoms with Crippen molar-refractivity contribution < 1.29 is 8.42 Å². The Balaban J connectivity index is 2.27. The van der Waals surface area contributed by atoms with Crippen molar-refractivity contribution in [2.45, 2.75) is 43.5 Å². The van der Waals surface area contributed by atoms with E-state index in [9.17, 15) is 8.42 Å². The highest BCUT2D eigenvalue weighted by atomic mass is 32.2. The fraction of sp³-hybridized carbons (Fsp3) is 0.769. The summed E-state index contributed by atoms with van der Waals surface area (Å²) in [6, 6.07) is 0.134. The first-order valence-corrected chi connectivity index (χ1v) is 8.53. The summed E-state index contributed by atoms with van der Waals surface area (Å²) in [6.07, 6.45) is 5.57. The Morgan fingerprint density at radius 2 is 1.95 bits per heavy atom. The van der Waals surface area contributed by atoms with Crippen LogP contribution in [0, 0.1) is 6.92 Å². The van der Waals surface area contributed by atoms with E-state index in [0.717, 1.165) is 32.2 Å². The number of likely N-dealkylation sites (N-methyl/N-ethyl adjacent to an activating group) is 1. The molecule has 0 unspecified atom stereocenters. The highest BCUT2D eigenvalue weighted by Gasteiger charge is 2.34. The maximum absolute atomic E-state index is 12.9. The van der Waals surface area contributed by atoms with Crippen LogP contribution < -0.4 is 0 Å². The molecule has 0 spiro atoms. The lowest BCUT2D eigenvalue weighted by molar-refractivity contribution is 0.282. The first kappa shape index (κ1) is 15.5. The largest absolute Gasteiger partial charge is 0.308 e. The van der Waals surface area contributed by atoms with Crippen LogP contribution in [0.15, 0.2) is 11.1 Å². The lowest BCUT2D eigenvalue weighted by Crippen LogP contribution is -2.42. The average molecular weight is 300 g/mol. The summed E-state index contributed by atoms with van der Waals surface area (Å²) in [5, 5.41) is 6.57. The molecular formula is C13H24N4O2S. The minimum Gasteiger partial charge on any atom is -0.308 e. The van der Waals surface area contributed by atoms with Gasteiger partial charge in [0, 0.05) is 19.1 Å². The number of nitrogens with one attached hydrogen (secondary N) is 1. The van der Waals surface area contributed by atoms with Gasteiger partial charge in [0.25, 0.3) is 0 Å². The highest BCUT2D eigenvalue weighted by Crippen LogP contribution is 2.29. The molecule has 0 bridgehead atoms. The number of aromatic nitrogens is 2. The van der Waals surface area contributed by atoms with Gasteiger partial charge in [-0.3, -0.25) is 5.10 Å². The van der Waals surface area contributed by atoms with Gasteiger partial charge in [-0.05, 0) is 33.9 Å². The van der Waals surface area contributed by atoms with Gasteiger partial charge in [0.15, 0.2) is 0 Å². The first-order valence-electron chi connectivity index (χ1n) is 7.09. The molecule has 6 nitrogen and oxygen atoms in total. The van der Waals surface area contributed by atoms with Crippen molar-refractivity contribution in [1.29, 1.82) is 0 Å². The number of sulfonamides is 1. The molecule has 0 radical (unpaired) electrons. The predicted octanol–water partition coefficient (Wildman–Crippen LogP) is 1.21. The van der Waals surface area contributed by atoms with E-state index in [2.05, 4.69) is 10.2 Å². The molecule has 1 saturated carbocycles. The van der Waals surface area contributed by atoms with Gasteiger partial charge in [0.2, 0.25) is 10.0 Å². The van der Waals surface area contributed by atoms with Crippen LogP contribution in [-0.2, 0) is 10.0 Å². The van der Waals surface area contributed by atoms with E-state index in [1.807, 2.05) is 19.0 Å². The number of H-pyrrole nitrogens is 1. The third-order valence-corrected chi connectivity index (χ3v) is 5.94. The SMILES string of the molecule is Cc1[nH]ncc1S(=O)(=O)N(CCN(C)C)C1CCCC1. The summed E-state index contributed by atoms with van der Waals surface area (Å²) >= 11 is 0. The zero-order chi connectivity index (χ0) is 14.8. The smallest absolute Gasteiger partial charge is 0.246 e. The standard InChI is InChI=1S/C13H24N4O2S/c1-11-13(10-14-15-11)20(18,19)17(9-8-16(2)3)12-6-4-5-7-12/h10,12H,4-9H2,1-3H3,(H,14,15). The number of aromatic amines is 1. The van der Waals surface area contributed by atoms with Crippen molar-refractivity contribution >= 4 is 10.0 Å². The molecule has 0 atom stereocenters. The molecule has 1 fully saturated rings. The van der Waals surface area contributed by atoms with Crippen molar-refractivity contribution in [3.05, 3.63) is 11.9 Å². The molecule has 0 aromatic carbocycles. The van der Waals surface area contributed by atoms with Crippen molar-refractivity contribution in [3.63, 3.8) is 0 Å².